The number of aliphatic imine (C=N–C) groups is 1. The minimum absolute atomic E-state index is 0. The van der Waals surface area contributed by atoms with Crippen LogP contribution in [0.4, 0.5) is 5.69 Å². The van der Waals surface area contributed by atoms with E-state index in [0.29, 0.717) is 5.96 Å². The van der Waals surface area contributed by atoms with Gasteiger partial charge in [0.25, 0.3) is 0 Å². The molecule has 4 nitrogen and oxygen atoms in total. The second-order valence-electron chi connectivity index (χ2n) is 6.35. The lowest BCUT2D eigenvalue weighted by Gasteiger charge is -2.20. The van der Waals surface area contributed by atoms with E-state index in [2.05, 4.69) is 10.3 Å². The third kappa shape index (κ3) is 4.27. The molecule has 5 heteroatoms. The van der Waals surface area contributed by atoms with Crippen LogP contribution in [0.3, 0.4) is 0 Å². The van der Waals surface area contributed by atoms with E-state index in [1.807, 2.05) is 24.3 Å². The first-order valence-electron chi connectivity index (χ1n) is 7.95. The van der Waals surface area contributed by atoms with E-state index in [1.165, 1.54) is 32.1 Å². The molecule has 3 rings (SSSR count). The maximum Gasteiger partial charge on any atom is 0.193 e. The molecular weight excluding hydrogens is 389 g/mol. The van der Waals surface area contributed by atoms with Gasteiger partial charge < -0.3 is 15.8 Å². The lowest BCUT2D eigenvalue weighted by atomic mass is 9.86. The number of halogens is 1. The molecule has 122 valence electrons. The number of ether oxygens (including phenoxy) is 1. The fourth-order valence-electron chi connectivity index (χ4n) is 3.97. The van der Waals surface area contributed by atoms with Crippen molar-refractivity contribution in [3.8, 4) is 5.75 Å². The molecule has 0 aliphatic heterocycles. The highest BCUT2D eigenvalue weighted by atomic mass is 127. The van der Waals surface area contributed by atoms with E-state index in [4.69, 9.17) is 10.5 Å². The zero-order chi connectivity index (χ0) is 14.7. The number of nitrogens with one attached hydrogen (secondary N) is 1. The van der Waals surface area contributed by atoms with E-state index in [9.17, 15) is 0 Å². The van der Waals surface area contributed by atoms with Crippen LogP contribution < -0.4 is 15.8 Å². The van der Waals surface area contributed by atoms with E-state index >= 15 is 0 Å². The molecule has 2 aliphatic rings. The van der Waals surface area contributed by atoms with Crippen LogP contribution in [-0.2, 0) is 0 Å². The van der Waals surface area contributed by atoms with Gasteiger partial charge in [0.05, 0.1) is 7.11 Å². The van der Waals surface area contributed by atoms with Crippen LogP contribution in [0.15, 0.2) is 29.3 Å². The Morgan fingerprint density at radius 3 is 2.91 bits per heavy atom. The summed E-state index contributed by atoms with van der Waals surface area (Å²) >= 11 is 0. The average molecular weight is 415 g/mol. The molecule has 3 atom stereocenters. The minimum atomic E-state index is 0. The summed E-state index contributed by atoms with van der Waals surface area (Å²) in [5, 5.41) is 3.12. The molecule has 0 spiro atoms. The predicted octanol–water partition coefficient (Wildman–Crippen LogP) is 3.87. The van der Waals surface area contributed by atoms with Crippen LogP contribution in [0.2, 0.25) is 0 Å². The molecule has 2 aliphatic carbocycles. The topological polar surface area (TPSA) is 59.6 Å². The van der Waals surface area contributed by atoms with Gasteiger partial charge >= 0.3 is 0 Å². The van der Waals surface area contributed by atoms with Crippen molar-refractivity contribution in [3.05, 3.63) is 24.3 Å². The van der Waals surface area contributed by atoms with Crippen molar-refractivity contribution in [1.29, 1.82) is 0 Å². The molecule has 22 heavy (non-hydrogen) atoms. The van der Waals surface area contributed by atoms with Gasteiger partial charge in [-0.15, -0.1) is 24.0 Å². The molecule has 2 fully saturated rings. The van der Waals surface area contributed by atoms with Crippen LogP contribution in [0.1, 0.15) is 32.1 Å². The summed E-state index contributed by atoms with van der Waals surface area (Å²) < 4.78 is 5.19. The van der Waals surface area contributed by atoms with Crippen LogP contribution in [0.25, 0.3) is 0 Å². The van der Waals surface area contributed by atoms with E-state index in [0.717, 1.165) is 35.7 Å². The molecule has 0 radical (unpaired) electrons. The van der Waals surface area contributed by atoms with E-state index < -0.39 is 0 Å². The van der Waals surface area contributed by atoms with Gasteiger partial charge in [-0.2, -0.15) is 0 Å². The van der Waals surface area contributed by atoms with Crippen molar-refractivity contribution >= 4 is 35.6 Å². The number of methoxy groups -OCH3 is 1. The highest BCUT2D eigenvalue weighted by Gasteiger charge is 2.38. The monoisotopic (exact) mass is 415 g/mol. The Labute approximate surface area is 149 Å². The highest BCUT2D eigenvalue weighted by Crippen LogP contribution is 2.49. The fourth-order valence-corrected chi connectivity index (χ4v) is 3.97. The van der Waals surface area contributed by atoms with Crippen molar-refractivity contribution in [2.24, 2.45) is 28.5 Å². The maximum absolute atomic E-state index is 5.96. The Kier molecular flexibility index (Phi) is 6.35. The molecule has 1 aromatic carbocycles. The van der Waals surface area contributed by atoms with Gasteiger partial charge in [-0.1, -0.05) is 12.5 Å². The summed E-state index contributed by atoms with van der Waals surface area (Å²) in [6, 6.07) is 7.72. The van der Waals surface area contributed by atoms with Crippen LogP contribution in [0.5, 0.6) is 5.75 Å². The average Bonchev–Trinajstić information content (AvgIpc) is 3.10. The summed E-state index contributed by atoms with van der Waals surface area (Å²) in [7, 11) is 1.66. The number of guanidine groups is 1. The molecule has 3 unspecified atom stereocenters. The SMILES string of the molecule is COc1cccc(NC(N)=NCCC2CC3CCC2C3)c1.I. The number of rotatable bonds is 5. The molecular formula is C17H26IN3O. The first-order valence-corrected chi connectivity index (χ1v) is 7.95. The van der Waals surface area contributed by atoms with Crippen LogP contribution in [0, 0.1) is 17.8 Å². The molecule has 2 bridgehead atoms. The Balaban J connectivity index is 0.00000176. The molecule has 1 aromatic rings. The van der Waals surface area contributed by atoms with Gasteiger partial charge in [-0.25, -0.2) is 0 Å². The van der Waals surface area contributed by atoms with Crippen molar-refractivity contribution in [2.45, 2.75) is 32.1 Å². The molecule has 0 heterocycles. The molecule has 2 saturated carbocycles. The number of hydrogen-bond donors (Lipinski definition) is 2. The number of hydrogen-bond acceptors (Lipinski definition) is 2. The van der Waals surface area contributed by atoms with Crippen molar-refractivity contribution < 1.29 is 4.74 Å². The number of fused-ring (bicyclic) bond motifs is 2. The predicted molar refractivity (Wildman–Crippen MR) is 102 cm³/mol. The molecule has 0 amide bonds. The third-order valence-corrected chi connectivity index (χ3v) is 5.01. The first-order chi connectivity index (χ1) is 10.2. The molecule has 0 aromatic heterocycles. The summed E-state index contributed by atoms with van der Waals surface area (Å²) in [5.74, 6) is 4.17. The van der Waals surface area contributed by atoms with Gasteiger partial charge in [0.15, 0.2) is 5.96 Å². The Hall–Kier alpha value is -0.980. The number of nitrogens with two attached hydrogens (primary N) is 1. The third-order valence-electron chi connectivity index (χ3n) is 5.01. The summed E-state index contributed by atoms with van der Waals surface area (Å²) in [4.78, 5) is 4.46. The van der Waals surface area contributed by atoms with Crippen molar-refractivity contribution in [1.82, 2.24) is 0 Å². The van der Waals surface area contributed by atoms with Gasteiger partial charge in [-0.05, 0) is 55.6 Å². The second-order valence-corrected chi connectivity index (χ2v) is 6.35. The largest absolute Gasteiger partial charge is 0.497 e. The zero-order valence-electron chi connectivity index (χ0n) is 13.1. The van der Waals surface area contributed by atoms with Crippen LogP contribution in [-0.4, -0.2) is 19.6 Å². The van der Waals surface area contributed by atoms with Crippen molar-refractivity contribution in [2.75, 3.05) is 19.0 Å². The zero-order valence-corrected chi connectivity index (χ0v) is 15.5. The number of nitrogens with zero attached hydrogens (tertiary/aromatic N) is 1. The standard InChI is InChI=1S/C17H25N3O.HI/c1-21-16-4-2-3-15(11-16)20-17(18)19-8-7-14-10-12-5-6-13(14)9-12;/h2-4,11-14H,5-10H2,1H3,(H3,18,19,20);1H. The van der Waals surface area contributed by atoms with Gasteiger partial charge in [0.2, 0.25) is 0 Å². The number of benzene rings is 1. The second kappa shape index (κ2) is 8.04. The smallest absolute Gasteiger partial charge is 0.193 e. The summed E-state index contributed by atoms with van der Waals surface area (Å²) in [6.07, 6.45) is 6.97. The van der Waals surface area contributed by atoms with Crippen LogP contribution >= 0.6 is 24.0 Å². The first kappa shape index (κ1) is 17.4. The normalized spacial score (nSPS) is 26.6. The summed E-state index contributed by atoms with van der Waals surface area (Å²) in [6.45, 7) is 0.830. The minimum Gasteiger partial charge on any atom is -0.497 e. The highest BCUT2D eigenvalue weighted by molar-refractivity contribution is 14.0. The van der Waals surface area contributed by atoms with E-state index in [-0.39, 0.29) is 24.0 Å². The lowest BCUT2D eigenvalue weighted by molar-refractivity contribution is 0.318. The summed E-state index contributed by atoms with van der Waals surface area (Å²) in [5.41, 5.74) is 6.87. The Morgan fingerprint density at radius 2 is 2.23 bits per heavy atom. The molecule has 0 saturated heterocycles. The van der Waals surface area contributed by atoms with E-state index in [1.54, 1.807) is 7.11 Å². The van der Waals surface area contributed by atoms with Gasteiger partial charge in [0.1, 0.15) is 5.75 Å². The Bertz CT molecular complexity index is 520. The van der Waals surface area contributed by atoms with Gasteiger partial charge in [-0.3, -0.25) is 4.99 Å². The lowest BCUT2D eigenvalue weighted by Crippen LogP contribution is -2.23. The maximum atomic E-state index is 5.96. The van der Waals surface area contributed by atoms with Crippen molar-refractivity contribution in [3.63, 3.8) is 0 Å². The Morgan fingerprint density at radius 1 is 1.36 bits per heavy atom. The van der Waals surface area contributed by atoms with Gasteiger partial charge in [0, 0.05) is 18.3 Å². The molecule has 3 N–H and O–H groups in total. The quantitative estimate of drug-likeness (QED) is 0.436. The fraction of sp³-hybridized carbons (Fsp3) is 0.588. The number of anilines is 1.